The highest BCUT2D eigenvalue weighted by atomic mass is 32.1. The monoisotopic (exact) mass is 272 g/mol. The number of thiophene rings is 1. The Morgan fingerprint density at radius 3 is 2.95 bits per heavy atom. The Balaban J connectivity index is 2.03. The smallest absolute Gasteiger partial charge is 0.274 e. The molecule has 3 aromatic rings. The van der Waals surface area contributed by atoms with Crippen molar-refractivity contribution in [1.29, 1.82) is 0 Å². The van der Waals surface area contributed by atoms with Gasteiger partial charge in [-0.25, -0.2) is 5.48 Å². The lowest BCUT2D eigenvalue weighted by molar-refractivity contribution is 0.0706. The summed E-state index contributed by atoms with van der Waals surface area (Å²) in [5.74, 6) is -0.495. The largest absolute Gasteiger partial charge is 0.343 e. The summed E-state index contributed by atoms with van der Waals surface area (Å²) in [5.41, 5.74) is 4.32. The minimum absolute atomic E-state index is 0.445. The highest BCUT2D eigenvalue weighted by Crippen LogP contribution is 2.19. The van der Waals surface area contributed by atoms with E-state index in [0.717, 1.165) is 17.4 Å². The van der Waals surface area contributed by atoms with E-state index in [1.54, 1.807) is 28.9 Å². The topological polar surface area (TPSA) is 54.3 Å². The number of amides is 1. The van der Waals surface area contributed by atoms with Crippen LogP contribution in [0.5, 0.6) is 0 Å². The summed E-state index contributed by atoms with van der Waals surface area (Å²) < 4.78 is 2.09. The standard InChI is InChI=1S/C14H12N2O2S/c17-14(15-18)12-2-1-11-3-5-16(13(11)7-12)8-10-4-6-19-9-10/h1-7,9,18H,8H2,(H,15,17). The van der Waals surface area contributed by atoms with Gasteiger partial charge in [0.25, 0.3) is 5.91 Å². The molecular weight excluding hydrogens is 260 g/mol. The molecule has 0 atom stereocenters. The molecule has 5 heteroatoms. The first-order chi connectivity index (χ1) is 9.28. The van der Waals surface area contributed by atoms with Crippen molar-refractivity contribution in [2.75, 3.05) is 0 Å². The summed E-state index contributed by atoms with van der Waals surface area (Å²) in [4.78, 5) is 11.4. The van der Waals surface area contributed by atoms with Crippen LogP contribution in [-0.4, -0.2) is 15.7 Å². The van der Waals surface area contributed by atoms with E-state index in [9.17, 15) is 4.79 Å². The first-order valence-electron chi connectivity index (χ1n) is 5.82. The predicted molar refractivity (Wildman–Crippen MR) is 74.6 cm³/mol. The molecule has 1 aromatic carbocycles. The van der Waals surface area contributed by atoms with Crippen LogP contribution in [0.3, 0.4) is 0 Å². The normalized spacial score (nSPS) is 10.8. The van der Waals surface area contributed by atoms with Gasteiger partial charge in [0.05, 0.1) is 0 Å². The number of carbonyl (C=O) groups is 1. The van der Waals surface area contributed by atoms with Crippen LogP contribution < -0.4 is 5.48 Å². The van der Waals surface area contributed by atoms with Crippen LogP contribution >= 0.6 is 11.3 Å². The van der Waals surface area contributed by atoms with Crippen LogP contribution in [0.1, 0.15) is 15.9 Å². The highest BCUT2D eigenvalue weighted by molar-refractivity contribution is 7.07. The van der Waals surface area contributed by atoms with E-state index < -0.39 is 5.91 Å². The van der Waals surface area contributed by atoms with E-state index in [4.69, 9.17) is 5.21 Å². The van der Waals surface area contributed by atoms with Crippen LogP contribution in [0, 0.1) is 0 Å². The van der Waals surface area contributed by atoms with Gasteiger partial charge in [-0.3, -0.25) is 10.0 Å². The van der Waals surface area contributed by atoms with E-state index in [0.29, 0.717) is 5.56 Å². The molecular formula is C14H12N2O2S. The van der Waals surface area contributed by atoms with Crippen LogP contribution in [-0.2, 0) is 6.54 Å². The van der Waals surface area contributed by atoms with Crippen molar-refractivity contribution >= 4 is 28.1 Å². The molecule has 0 unspecified atom stereocenters. The van der Waals surface area contributed by atoms with Crippen molar-refractivity contribution in [1.82, 2.24) is 10.0 Å². The zero-order valence-electron chi connectivity index (χ0n) is 10.0. The fraction of sp³-hybridized carbons (Fsp3) is 0.0714. The van der Waals surface area contributed by atoms with Crippen LogP contribution in [0.25, 0.3) is 10.9 Å². The molecule has 1 amide bonds. The molecule has 0 saturated heterocycles. The maximum absolute atomic E-state index is 11.4. The maximum atomic E-state index is 11.4. The van der Waals surface area contributed by atoms with Crippen molar-refractivity contribution in [2.24, 2.45) is 0 Å². The first-order valence-corrected chi connectivity index (χ1v) is 6.76. The van der Waals surface area contributed by atoms with E-state index in [1.165, 1.54) is 5.56 Å². The quantitative estimate of drug-likeness (QED) is 0.569. The Hall–Kier alpha value is -2.11. The second kappa shape index (κ2) is 4.87. The number of hydroxylamine groups is 1. The number of aromatic nitrogens is 1. The maximum Gasteiger partial charge on any atom is 0.274 e. The van der Waals surface area contributed by atoms with E-state index >= 15 is 0 Å². The van der Waals surface area contributed by atoms with Gasteiger partial charge in [0, 0.05) is 23.8 Å². The number of nitrogens with zero attached hydrogens (tertiary/aromatic N) is 1. The minimum Gasteiger partial charge on any atom is -0.343 e. The summed E-state index contributed by atoms with van der Waals surface area (Å²) in [6, 6.07) is 9.46. The van der Waals surface area contributed by atoms with E-state index in [1.807, 2.05) is 23.7 Å². The number of carbonyl (C=O) groups excluding carboxylic acids is 1. The summed E-state index contributed by atoms with van der Waals surface area (Å²) in [6.45, 7) is 0.775. The average Bonchev–Trinajstić information content (AvgIpc) is 3.08. The lowest BCUT2D eigenvalue weighted by Gasteiger charge is -2.05. The summed E-state index contributed by atoms with van der Waals surface area (Å²) in [6.07, 6.45) is 2.00. The van der Waals surface area contributed by atoms with Crippen molar-refractivity contribution < 1.29 is 10.0 Å². The third-order valence-corrected chi connectivity index (χ3v) is 3.80. The molecule has 0 aliphatic heterocycles. The Bertz CT molecular complexity index is 716. The lowest BCUT2D eigenvalue weighted by atomic mass is 10.1. The van der Waals surface area contributed by atoms with Gasteiger partial charge in [-0.2, -0.15) is 11.3 Å². The molecule has 4 nitrogen and oxygen atoms in total. The molecule has 0 fully saturated rings. The zero-order chi connectivity index (χ0) is 13.2. The molecule has 0 spiro atoms. The molecule has 0 bridgehead atoms. The summed E-state index contributed by atoms with van der Waals surface area (Å²) in [5, 5.41) is 13.9. The molecule has 3 rings (SSSR count). The molecule has 2 N–H and O–H groups in total. The van der Waals surface area contributed by atoms with Crippen molar-refractivity contribution in [3.63, 3.8) is 0 Å². The van der Waals surface area contributed by atoms with Crippen LogP contribution in [0.15, 0.2) is 47.3 Å². The zero-order valence-corrected chi connectivity index (χ0v) is 10.9. The fourth-order valence-corrected chi connectivity index (χ4v) is 2.77. The molecule has 2 aromatic heterocycles. The third kappa shape index (κ3) is 2.25. The van der Waals surface area contributed by atoms with Gasteiger partial charge in [0.15, 0.2) is 0 Å². The SMILES string of the molecule is O=C(NO)c1ccc2ccn(Cc3ccsc3)c2c1. The molecule has 0 saturated carbocycles. The van der Waals surface area contributed by atoms with Gasteiger partial charge in [0.2, 0.25) is 0 Å². The van der Waals surface area contributed by atoms with Crippen molar-refractivity contribution in [2.45, 2.75) is 6.54 Å². The predicted octanol–water partition coefficient (Wildman–Crippen LogP) is 2.87. The molecule has 2 heterocycles. The van der Waals surface area contributed by atoms with Crippen molar-refractivity contribution in [3.8, 4) is 0 Å². The minimum atomic E-state index is -0.495. The summed E-state index contributed by atoms with van der Waals surface area (Å²) >= 11 is 1.67. The molecule has 0 aliphatic rings. The second-order valence-corrected chi connectivity index (χ2v) is 5.07. The van der Waals surface area contributed by atoms with Gasteiger partial charge >= 0.3 is 0 Å². The molecule has 19 heavy (non-hydrogen) atoms. The number of rotatable bonds is 3. The highest BCUT2D eigenvalue weighted by Gasteiger charge is 2.08. The Morgan fingerprint density at radius 1 is 1.32 bits per heavy atom. The third-order valence-electron chi connectivity index (χ3n) is 3.07. The Labute approximate surface area is 113 Å². The Kier molecular flexibility index (Phi) is 3.06. The lowest BCUT2D eigenvalue weighted by Crippen LogP contribution is -2.18. The van der Waals surface area contributed by atoms with Crippen LogP contribution in [0.4, 0.5) is 0 Å². The van der Waals surface area contributed by atoms with E-state index in [-0.39, 0.29) is 0 Å². The van der Waals surface area contributed by atoms with Gasteiger partial charge in [-0.05, 0) is 46.0 Å². The van der Waals surface area contributed by atoms with Gasteiger partial charge < -0.3 is 4.57 Å². The average molecular weight is 272 g/mol. The number of hydrogen-bond acceptors (Lipinski definition) is 3. The molecule has 0 aliphatic carbocycles. The Morgan fingerprint density at radius 2 is 2.21 bits per heavy atom. The van der Waals surface area contributed by atoms with Gasteiger partial charge in [-0.1, -0.05) is 6.07 Å². The molecule has 0 radical (unpaired) electrons. The van der Waals surface area contributed by atoms with Crippen molar-refractivity contribution in [3.05, 3.63) is 58.4 Å². The van der Waals surface area contributed by atoms with Gasteiger partial charge in [0.1, 0.15) is 0 Å². The number of nitrogens with one attached hydrogen (secondary N) is 1. The van der Waals surface area contributed by atoms with Crippen LogP contribution in [0.2, 0.25) is 0 Å². The molecule has 96 valence electrons. The summed E-state index contributed by atoms with van der Waals surface area (Å²) in [7, 11) is 0. The van der Waals surface area contributed by atoms with Gasteiger partial charge in [-0.15, -0.1) is 0 Å². The number of hydrogen-bond donors (Lipinski definition) is 2. The first kappa shape index (κ1) is 12.0. The number of fused-ring (bicyclic) bond motifs is 1. The van der Waals surface area contributed by atoms with E-state index in [2.05, 4.69) is 16.0 Å². The number of benzene rings is 1. The second-order valence-electron chi connectivity index (χ2n) is 4.29. The fourth-order valence-electron chi connectivity index (χ4n) is 2.11.